The van der Waals surface area contributed by atoms with Gasteiger partial charge in [-0.2, -0.15) is 26.3 Å². The third-order valence-electron chi connectivity index (χ3n) is 5.71. The average molecular weight is 506 g/mol. The summed E-state index contributed by atoms with van der Waals surface area (Å²) < 4.78 is 82.3. The Hall–Kier alpha value is -4.15. The van der Waals surface area contributed by atoms with Gasteiger partial charge in [0.2, 0.25) is 0 Å². The van der Waals surface area contributed by atoms with Gasteiger partial charge in [-0.05, 0) is 54.4 Å². The van der Waals surface area contributed by atoms with Gasteiger partial charge in [0.15, 0.2) is 0 Å². The number of fused-ring (bicyclic) bond motifs is 1. The van der Waals surface area contributed by atoms with Gasteiger partial charge in [0, 0.05) is 18.3 Å². The topological polar surface area (TPSA) is 66.5 Å². The van der Waals surface area contributed by atoms with E-state index in [1.54, 1.807) is 0 Å². The molecule has 1 heterocycles. The van der Waals surface area contributed by atoms with Crippen molar-refractivity contribution in [3.63, 3.8) is 0 Å². The van der Waals surface area contributed by atoms with Crippen LogP contribution in [0.5, 0.6) is 0 Å². The minimum absolute atomic E-state index is 0.0273. The molecule has 0 unspecified atom stereocenters. The number of hydrogen-bond donors (Lipinski definition) is 1. The number of imide groups is 1. The van der Waals surface area contributed by atoms with Crippen molar-refractivity contribution in [2.24, 2.45) is 0 Å². The van der Waals surface area contributed by atoms with Gasteiger partial charge in [0.05, 0.1) is 22.3 Å². The molecule has 3 amide bonds. The molecule has 0 saturated carbocycles. The first-order valence-corrected chi connectivity index (χ1v) is 10.4. The first-order valence-electron chi connectivity index (χ1n) is 10.4. The summed E-state index contributed by atoms with van der Waals surface area (Å²) in [6, 6.07) is 9.11. The zero-order chi connectivity index (χ0) is 26.6. The molecule has 0 fully saturated rings. The van der Waals surface area contributed by atoms with Gasteiger partial charge in [0.25, 0.3) is 17.7 Å². The van der Waals surface area contributed by atoms with Gasteiger partial charge in [-0.25, -0.2) is 0 Å². The lowest BCUT2D eigenvalue weighted by Crippen LogP contribution is -2.24. The van der Waals surface area contributed by atoms with E-state index in [2.05, 4.69) is 5.32 Å². The van der Waals surface area contributed by atoms with E-state index in [1.165, 1.54) is 32.2 Å². The Morgan fingerprint density at radius 2 is 1.25 bits per heavy atom. The molecule has 3 aromatic carbocycles. The van der Waals surface area contributed by atoms with E-state index in [-0.39, 0.29) is 27.9 Å². The first-order chi connectivity index (χ1) is 16.7. The van der Waals surface area contributed by atoms with Crippen LogP contribution in [0.3, 0.4) is 0 Å². The fraction of sp³-hybridized carbons (Fsp3) is 0.160. The minimum atomic E-state index is -5.03. The molecule has 3 aromatic rings. The third kappa shape index (κ3) is 4.43. The number of rotatable bonds is 3. The summed E-state index contributed by atoms with van der Waals surface area (Å²) in [5, 5.41) is 2.26. The van der Waals surface area contributed by atoms with E-state index >= 15 is 0 Å². The van der Waals surface area contributed by atoms with E-state index in [0.717, 1.165) is 35.2 Å². The Balaban J connectivity index is 1.72. The molecular weight excluding hydrogens is 490 g/mol. The average Bonchev–Trinajstić information content (AvgIpc) is 3.01. The Bertz CT molecular complexity index is 1430. The number of hydrogen-bond acceptors (Lipinski definition) is 3. The molecule has 0 atom stereocenters. The van der Waals surface area contributed by atoms with Crippen molar-refractivity contribution in [1.82, 2.24) is 4.90 Å². The zero-order valence-corrected chi connectivity index (χ0v) is 18.6. The number of nitrogens with zero attached hydrogens (tertiary/aromatic N) is 1. The van der Waals surface area contributed by atoms with E-state index in [1.807, 2.05) is 0 Å². The van der Waals surface area contributed by atoms with Gasteiger partial charge in [-0.15, -0.1) is 0 Å². The molecule has 0 saturated heterocycles. The molecule has 36 heavy (non-hydrogen) atoms. The SMILES string of the molecule is Cc1ccc(-c2ccc(NC(=O)c3ccc4c(c3)C(=O)N(C)C4=O)cc2C(F)(F)F)c(C(F)(F)F)c1. The fourth-order valence-electron chi connectivity index (χ4n) is 3.92. The van der Waals surface area contributed by atoms with Crippen LogP contribution in [0.4, 0.5) is 32.0 Å². The summed E-state index contributed by atoms with van der Waals surface area (Å²) in [5.74, 6) is -2.06. The van der Waals surface area contributed by atoms with E-state index in [4.69, 9.17) is 0 Å². The second-order valence-corrected chi connectivity index (χ2v) is 8.19. The molecule has 1 N–H and O–H groups in total. The summed E-state index contributed by atoms with van der Waals surface area (Å²) in [6.45, 7) is 1.39. The van der Waals surface area contributed by atoms with Crippen molar-refractivity contribution in [2.45, 2.75) is 19.3 Å². The van der Waals surface area contributed by atoms with Gasteiger partial charge in [-0.1, -0.05) is 23.8 Å². The molecule has 0 bridgehead atoms. The maximum Gasteiger partial charge on any atom is 0.417 e. The number of carbonyl (C=O) groups is 3. The van der Waals surface area contributed by atoms with Crippen LogP contribution < -0.4 is 5.32 Å². The normalized spacial score (nSPS) is 13.7. The van der Waals surface area contributed by atoms with Crippen LogP contribution in [0.2, 0.25) is 0 Å². The zero-order valence-electron chi connectivity index (χ0n) is 18.6. The highest BCUT2D eigenvalue weighted by Crippen LogP contribution is 2.43. The minimum Gasteiger partial charge on any atom is -0.322 e. The monoisotopic (exact) mass is 506 g/mol. The lowest BCUT2D eigenvalue weighted by molar-refractivity contribution is -0.139. The van der Waals surface area contributed by atoms with Crippen LogP contribution >= 0.6 is 0 Å². The van der Waals surface area contributed by atoms with Crippen LogP contribution in [0, 0.1) is 6.92 Å². The summed E-state index contributed by atoms with van der Waals surface area (Å²) in [5.41, 5.74) is -4.07. The van der Waals surface area contributed by atoms with Crippen molar-refractivity contribution in [1.29, 1.82) is 0 Å². The number of carbonyl (C=O) groups excluding carboxylic acids is 3. The highest BCUT2D eigenvalue weighted by atomic mass is 19.4. The van der Waals surface area contributed by atoms with Gasteiger partial charge >= 0.3 is 12.4 Å². The molecular formula is C25H16F6N2O3. The van der Waals surface area contributed by atoms with Crippen LogP contribution in [0.1, 0.15) is 47.8 Å². The summed E-state index contributed by atoms with van der Waals surface area (Å²) >= 11 is 0. The van der Waals surface area contributed by atoms with Gasteiger partial charge in [0.1, 0.15) is 0 Å². The van der Waals surface area contributed by atoms with Crippen LogP contribution in [-0.2, 0) is 12.4 Å². The molecule has 0 spiro atoms. The largest absolute Gasteiger partial charge is 0.417 e. The standard InChI is InChI=1S/C25H16F6N2O3/c1-12-3-6-15(19(9-12)24(26,27)28)16-8-5-14(11-20(16)25(29,30)31)32-21(34)13-4-7-17-18(10-13)23(36)33(2)22(17)35/h3-11H,1-2H3,(H,32,34). The lowest BCUT2D eigenvalue weighted by Gasteiger charge is -2.19. The Labute approximate surface area is 200 Å². The molecule has 1 aliphatic rings. The fourth-order valence-corrected chi connectivity index (χ4v) is 3.92. The first kappa shape index (κ1) is 25.0. The van der Waals surface area contributed by atoms with Crippen molar-refractivity contribution in [2.75, 3.05) is 12.4 Å². The molecule has 5 nitrogen and oxygen atoms in total. The van der Waals surface area contributed by atoms with Crippen LogP contribution in [0.25, 0.3) is 11.1 Å². The Morgan fingerprint density at radius 1 is 0.722 bits per heavy atom. The third-order valence-corrected chi connectivity index (χ3v) is 5.71. The van der Waals surface area contributed by atoms with Gasteiger partial charge < -0.3 is 5.32 Å². The van der Waals surface area contributed by atoms with E-state index < -0.39 is 52.3 Å². The molecule has 0 aliphatic carbocycles. The number of aryl methyl sites for hydroxylation is 1. The van der Waals surface area contributed by atoms with Crippen LogP contribution in [0.15, 0.2) is 54.6 Å². The number of halogens is 6. The molecule has 0 aromatic heterocycles. The second kappa shape index (κ2) is 8.51. The van der Waals surface area contributed by atoms with E-state index in [0.29, 0.717) is 6.07 Å². The molecule has 1 aliphatic heterocycles. The van der Waals surface area contributed by atoms with Crippen molar-refractivity contribution < 1.29 is 40.7 Å². The quantitative estimate of drug-likeness (QED) is 0.341. The summed E-state index contributed by atoms with van der Waals surface area (Å²) in [4.78, 5) is 37.7. The van der Waals surface area contributed by atoms with Crippen LogP contribution in [-0.4, -0.2) is 29.7 Å². The number of anilines is 1. The predicted octanol–water partition coefficient (Wildman–Crippen LogP) is 6.18. The highest BCUT2D eigenvalue weighted by Gasteiger charge is 2.39. The van der Waals surface area contributed by atoms with Crippen molar-refractivity contribution >= 4 is 23.4 Å². The summed E-state index contributed by atoms with van der Waals surface area (Å²) in [6.07, 6.45) is -9.92. The lowest BCUT2D eigenvalue weighted by atomic mass is 9.93. The van der Waals surface area contributed by atoms with E-state index in [9.17, 15) is 40.7 Å². The maximum atomic E-state index is 13.9. The Kier molecular flexibility index (Phi) is 5.90. The number of nitrogens with one attached hydrogen (secondary N) is 1. The van der Waals surface area contributed by atoms with Gasteiger partial charge in [-0.3, -0.25) is 19.3 Å². The number of amides is 3. The van der Waals surface area contributed by atoms with Crippen molar-refractivity contribution in [3.8, 4) is 11.1 Å². The summed E-state index contributed by atoms with van der Waals surface area (Å²) in [7, 11) is 1.27. The Morgan fingerprint density at radius 3 is 1.86 bits per heavy atom. The van der Waals surface area contributed by atoms with Crippen molar-refractivity contribution in [3.05, 3.63) is 88.0 Å². The molecule has 186 valence electrons. The maximum absolute atomic E-state index is 13.9. The number of benzene rings is 3. The number of alkyl halides is 6. The molecule has 0 radical (unpaired) electrons. The smallest absolute Gasteiger partial charge is 0.322 e. The predicted molar refractivity (Wildman–Crippen MR) is 117 cm³/mol. The second-order valence-electron chi connectivity index (χ2n) is 8.19. The molecule has 11 heteroatoms. The highest BCUT2D eigenvalue weighted by molar-refractivity contribution is 6.22. The molecule has 4 rings (SSSR count).